The van der Waals surface area contributed by atoms with E-state index in [-0.39, 0.29) is 6.09 Å². The van der Waals surface area contributed by atoms with Crippen molar-refractivity contribution in [2.45, 2.75) is 20.3 Å². The van der Waals surface area contributed by atoms with Crippen molar-refractivity contribution in [3.8, 4) is 0 Å². The highest BCUT2D eigenvalue weighted by Gasteiger charge is 2.23. The number of hydrogen-bond donors (Lipinski definition) is 1. The van der Waals surface area contributed by atoms with Crippen LogP contribution in [0.4, 0.5) is 10.5 Å². The lowest BCUT2D eigenvalue weighted by atomic mass is 10.1. The van der Waals surface area contributed by atoms with Crippen molar-refractivity contribution in [2.24, 2.45) is 5.92 Å². The lowest BCUT2D eigenvalue weighted by molar-refractivity contribution is 0.169. The maximum atomic E-state index is 11.1. The molecule has 0 aromatic heterocycles. The average Bonchev–Trinajstić information content (AvgIpc) is 2.88. The van der Waals surface area contributed by atoms with E-state index in [1.54, 1.807) is 0 Å². The predicted molar refractivity (Wildman–Crippen MR) is 76.6 cm³/mol. The minimum atomic E-state index is -0.343. The van der Waals surface area contributed by atoms with Gasteiger partial charge in [-0.1, -0.05) is 6.07 Å². The standard InChI is InChI=1S/C15H22N2O2/c1-11-4-5-14(8-12(11)2)17-7-6-13(10-17)9-16-15(18)19-3/h4-5,8,13H,6-7,9-10H2,1-3H3,(H,16,18). The molecule has 0 radical (unpaired) electrons. The minimum Gasteiger partial charge on any atom is -0.453 e. The average molecular weight is 262 g/mol. The first-order chi connectivity index (χ1) is 9.10. The van der Waals surface area contributed by atoms with Gasteiger partial charge in [-0.25, -0.2) is 4.79 Å². The highest BCUT2D eigenvalue weighted by molar-refractivity contribution is 5.66. The van der Waals surface area contributed by atoms with Crippen molar-refractivity contribution in [2.75, 3.05) is 31.6 Å². The molecule has 1 aromatic rings. The summed E-state index contributed by atoms with van der Waals surface area (Å²) in [5.74, 6) is 0.501. The molecule has 104 valence electrons. The third kappa shape index (κ3) is 3.40. The molecule has 1 aromatic carbocycles. The summed E-state index contributed by atoms with van der Waals surface area (Å²) in [5, 5.41) is 2.78. The Labute approximate surface area is 114 Å². The van der Waals surface area contributed by atoms with Crippen LogP contribution in [-0.2, 0) is 4.74 Å². The number of methoxy groups -OCH3 is 1. The number of amides is 1. The fourth-order valence-corrected chi connectivity index (χ4v) is 2.46. The normalized spacial score (nSPS) is 18.5. The van der Waals surface area contributed by atoms with Crippen molar-refractivity contribution in [3.05, 3.63) is 29.3 Å². The second-order valence-corrected chi connectivity index (χ2v) is 5.24. The first-order valence-electron chi connectivity index (χ1n) is 6.74. The topological polar surface area (TPSA) is 41.6 Å². The number of nitrogens with one attached hydrogen (secondary N) is 1. The van der Waals surface area contributed by atoms with E-state index in [0.29, 0.717) is 12.5 Å². The number of ether oxygens (including phenoxy) is 1. The third-order valence-corrected chi connectivity index (χ3v) is 3.86. The van der Waals surface area contributed by atoms with Crippen LogP contribution in [0.25, 0.3) is 0 Å². The van der Waals surface area contributed by atoms with E-state index < -0.39 is 0 Å². The Kier molecular flexibility index (Phi) is 4.30. The van der Waals surface area contributed by atoms with Crippen LogP contribution in [-0.4, -0.2) is 32.8 Å². The Morgan fingerprint density at radius 1 is 1.42 bits per heavy atom. The summed E-state index contributed by atoms with van der Waals surface area (Å²) >= 11 is 0. The molecule has 0 spiro atoms. The van der Waals surface area contributed by atoms with Crippen LogP contribution in [0.5, 0.6) is 0 Å². The highest BCUT2D eigenvalue weighted by atomic mass is 16.5. The Morgan fingerprint density at radius 3 is 2.89 bits per heavy atom. The summed E-state index contributed by atoms with van der Waals surface area (Å²) in [5.41, 5.74) is 3.93. The number of aryl methyl sites for hydroxylation is 2. The molecule has 0 aliphatic carbocycles. The van der Waals surface area contributed by atoms with Gasteiger partial charge in [0.2, 0.25) is 0 Å². The summed E-state index contributed by atoms with van der Waals surface area (Å²) in [4.78, 5) is 13.4. The van der Waals surface area contributed by atoms with Gasteiger partial charge in [-0.15, -0.1) is 0 Å². The van der Waals surface area contributed by atoms with Gasteiger partial charge in [-0.05, 0) is 49.4 Å². The van der Waals surface area contributed by atoms with Crippen molar-refractivity contribution in [3.63, 3.8) is 0 Å². The molecule has 19 heavy (non-hydrogen) atoms. The number of alkyl carbamates (subject to hydrolysis) is 1. The predicted octanol–water partition coefficient (Wildman–Crippen LogP) is 2.49. The zero-order valence-corrected chi connectivity index (χ0v) is 11.9. The van der Waals surface area contributed by atoms with Crippen LogP contribution in [0.2, 0.25) is 0 Å². The molecule has 2 rings (SSSR count). The zero-order chi connectivity index (χ0) is 13.8. The van der Waals surface area contributed by atoms with Crippen LogP contribution in [0.15, 0.2) is 18.2 Å². The maximum absolute atomic E-state index is 11.1. The van der Waals surface area contributed by atoms with Gasteiger partial charge >= 0.3 is 6.09 Å². The Hall–Kier alpha value is -1.71. The van der Waals surface area contributed by atoms with Gasteiger partial charge in [-0.2, -0.15) is 0 Å². The lowest BCUT2D eigenvalue weighted by Gasteiger charge is -2.20. The lowest BCUT2D eigenvalue weighted by Crippen LogP contribution is -2.30. The first-order valence-corrected chi connectivity index (χ1v) is 6.74. The summed E-state index contributed by atoms with van der Waals surface area (Å²) in [7, 11) is 1.39. The van der Waals surface area contributed by atoms with E-state index in [2.05, 4.69) is 47.0 Å². The van der Waals surface area contributed by atoms with Crippen molar-refractivity contribution < 1.29 is 9.53 Å². The molecule has 1 heterocycles. The smallest absolute Gasteiger partial charge is 0.406 e. The molecule has 1 fully saturated rings. The molecule has 1 saturated heterocycles. The molecule has 4 nitrogen and oxygen atoms in total. The number of carbonyl (C=O) groups is 1. The van der Waals surface area contributed by atoms with Crippen LogP contribution in [0, 0.1) is 19.8 Å². The molecule has 1 N–H and O–H groups in total. The van der Waals surface area contributed by atoms with Gasteiger partial charge < -0.3 is 15.0 Å². The number of anilines is 1. The number of hydrogen-bond acceptors (Lipinski definition) is 3. The zero-order valence-electron chi connectivity index (χ0n) is 11.9. The van der Waals surface area contributed by atoms with Crippen molar-refractivity contribution >= 4 is 11.8 Å². The largest absolute Gasteiger partial charge is 0.453 e. The van der Waals surface area contributed by atoms with E-state index in [1.807, 2.05) is 0 Å². The molecule has 0 saturated carbocycles. The van der Waals surface area contributed by atoms with Gasteiger partial charge in [0.1, 0.15) is 0 Å². The van der Waals surface area contributed by atoms with Crippen LogP contribution >= 0.6 is 0 Å². The van der Waals surface area contributed by atoms with E-state index in [1.165, 1.54) is 23.9 Å². The number of rotatable bonds is 3. The summed E-state index contributed by atoms with van der Waals surface area (Å²) in [6.45, 7) is 7.01. The Morgan fingerprint density at radius 2 is 2.21 bits per heavy atom. The van der Waals surface area contributed by atoms with Crippen molar-refractivity contribution in [1.29, 1.82) is 0 Å². The molecule has 1 aliphatic rings. The van der Waals surface area contributed by atoms with E-state index >= 15 is 0 Å². The van der Waals surface area contributed by atoms with Crippen LogP contribution in [0.3, 0.4) is 0 Å². The Balaban J connectivity index is 1.90. The molecular weight excluding hydrogens is 240 g/mol. The Bertz CT molecular complexity index is 459. The quantitative estimate of drug-likeness (QED) is 0.910. The summed E-state index contributed by atoms with van der Waals surface area (Å²) < 4.78 is 4.59. The van der Waals surface area contributed by atoms with Crippen molar-refractivity contribution in [1.82, 2.24) is 5.32 Å². The summed E-state index contributed by atoms with van der Waals surface area (Å²) in [6, 6.07) is 6.59. The second kappa shape index (κ2) is 5.95. The van der Waals surface area contributed by atoms with Gasteiger partial charge in [0.25, 0.3) is 0 Å². The molecule has 1 amide bonds. The number of nitrogens with zero attached hydrogens (tertiary/aromatic N) is 1. The van der Waals surface area contributed by atoms with E-state index in [9.17, 15) is 4.79 Å². The number of benzene rings is 1. The molecular formula is C15H22N2O2. The molecule has 4 heteroatoms. The minimum absolute atomic E-state index is 0.343. The van der Waals surface area contributed by atoms with Gasteiger partial charge in [0.05, 0.1) is 7.11 Å². The monoisotopic (exact) mass is 262 g/mol. The molecule has 1 atom stereocenters. The van der Waals surface area contributed by atoms with Gasteiger partial charge in [-0.3, -0.25) is 0 Å². The van der Waals surface area contributed by atoms with E-state index in [4.69, 9.17) is 0 Å². The van der Waals surface area contributed by atoms with Crippen LogP contribution in [0.1, 0.15) is 17.5 Å². The van der Waals surface area contributed by atoms with Gasteiger partial charge in [0, 0.05) is 25.3 Å². The molecule has 1 unspecified atom stereocenters. The van der Waals surface area contributed by atoms with Gasteiger partial charge in [0.15, 0.2) is 0 Å². The molecule has 0 bridgehead atoms. The highest BCUT2D eigenvalue weighted by Crippen LogP contribution is 2.25. The summed E-state index contributed by atoms with van der Waals surface area (Å²) in [6.07, 6.45) is 0.765. The fraction of sp³-hybridized carbons (Fsp3) is 0.533. The first kappa shape index (κ1) is 13.7. The number of carbonyl (C=O) groups excluding carboxylic acids is 1. The van der Waals surface area contributed by atoms with Crippen LogP contribution < -0.4 is 10.2 Å². The van der Waals surface area contributed by atoms with E-state index in [0.717, 1.165) is 19.5 Å². The SMILES string of the molecule is COC(=O)NCC1CCN(c2ccc(C)c(C)c2)C1. The molecule has 1 aliphatic heterocycles. The second-order valence-electron chi connectivity index (χ2n) is 5.24. The fourth-order valence-electron chi connectivity index (χ4n) is 2.46. The third-order valence-electron chi connectivity index (χ3n) is 3.86. The maximum Gasteiger partial charge on any atom is 0.406 e.